The highest BCUT2D eigenvalue weighted by Crippen LogP contribution is 2.14. The molecule has 0 aromatic heterocycles. The largest absolute Gasteiger partial charge is 0.508 e. The van der Waals surface area contributed by atoms with E-state index in [9.17, 15) is 14.7 Å². The summed E-state index contributed by atoms with van der Waals surface area (Å²) in [4.78, 5) is 27.0. The van der Waals surface area contributed by atoms with Crippen LogP contribution < -0.4 is 5.32 Å². The van der Waals surface area contributed by atoms with E-state index in [1.54, 1.807) is 28.8 Å². The number of nitrogens with one attached hydrogen (secondary N) is 1. The highest BCUT2D eigenvalue weighted by Gasteiger charge is 2.28. The third kappa shape index (κ3) is 5.37. The maximum atomic E-state index is 12.8. The number of phenolic OH excluding ortho intramolecular Hbond substituents is 1. The number of amides is 2. The summed E-state index contributed by atoms with van der Waals surface area (Å²) in [7, 11) is 0. The SMILES string of the molecule is O=C(N[C@H]1CSCCN(C/C=C/c2ccccc2)C1=O)c1ccc(O)cc1. The second-order valence-corrected chi connectivity index (χ2v) is 7.39. The molecule has 5 nitrogen and oxygen atoms in total. The molecule has 0 radical (unpaired) electrons. The topological polar surface area (TPSA) is 69.6 Å². The molecule has 1 atom stereocenters. The Kier molecular flexibility index (Phi) is 6.54. The van der Waals surface area contributed by atoms with Crippen molar-refractivity contribution in [1.29, 1.82) is 0 Å². The highest BCUT2D eigenvalue weighted by molar-refractivity contribution is 7.99. The van der Waals surface area contributed by atoms with Crippen LogP contribution in [0, 0.1) is 0 Å². The number of phenols is 1. The molecule has 0 saturated carbocycles. The Labute approximate surface area is 163 Å². The fraction of sp³-hybridized carbons (Fsp3) is 0.238. The van der Waals surface area contributed by atoms with E-state index in [-0.39, 0.29) is 17.6 Å². The van der Waals surface area contributed by atoms with Gasteiger partial charge >= 0.3 is 0 Å². The zero-order valence-electron chi connectivity index (χ0n) is 14.9. The Hall–Kier alpha value is -2.73. The van der Waals surface area contributed by atoms with E-state index in [1.807, 2.05) is 42.5 Å². The molecule has 2 aromatic carbocycles. The van der Waals surface area contributed by atoms with E-state index >= 15 is 0 Å². The molecule has 1 fully saturated rings. The van der Waals surface area contributed by atoms with Crippen LogP contribution in [0.2, 0.25) is 0 Å². The fourth-order valence-corrected chi connectivity index (χ4v) is 3.77. The molecule has 0 unspecified atom stereocenters. The molecule has 0 aliphatic carbocycles. The van der Waals surface area contributed by atoms with Crippen LogP contribution in [0.4, 0.5) is 0 Å². The molecule has 2 amide bonds. The first-order valence-corrected chi connectivity index (χ1v) is 9.97. The van der Waals surface area contributed by atoms with Crippen LogP contribution in [0.15, 0.2) is 60.7 Å². The van der Waals surface area contributed by atoms with Gasteiger partial charge in [0.15, 0.2) is 0 Å². The number of thioether (sulfide) groups is 1. The minimum atomic E-state index is -0.552. The molecule has 3 rings (SSSR count). The lowest BCUT2D eigenvalue weighted by Gasteiger charge is -2.23. The van der Waals surface area contributed by atoms with Gasteiger partial charge in [0.2, 0.25) is 5.91 Å². The number of benzene rings is 2. The number of aromatic hydroxyl groups is 1. The second-order valence-electron chi connectivity index (χ2n) is 6.25. The number of hydrogen-bond acceptors (Lipinski definition) is 4. The molecule has 6 heteroatoms. The normalized spacial score (nSPS) is 17.7. The van der Waals surface area contributed by atoms with E-state index in [4.69, 9.17) is 0 Å². The van der Waals surface area contributed by atoms with Crippen molar-refractivity contribution in [2.45, 2.75) is 6.04 Å². The average Bonchev–Trinajstić information content (AvgIpc) is 2.85. The van der Waals surface area contributed by atoms with Crippen molar-refractivity contribution < 1.29 is 14.7 Å². The van der Waals surface area contributed by atoms with Gasteiger partial charge in [0.1, 0.15) is 11.8 Å². The molecule has 1 heterocycles. The lowest BCUT2D eigenvalue weighted by molar-refractivity contribution is -0.131. The summed E-state index contributed by atoms with van der Waals surface area (Å²) < 4.78 is 0. The number of carbonyl (C=O) groups is 2. The predicted octanol–water partition coefficient (Wildman–Crippen LogP) is 2.78. The first kappa shape index (κ1) is 19.0. The van der Waals surface area contributed by atoms with E-state index in [0.29, 0.717) is 24.4 Å². The van der Waals surface area contributed by atoms with Gasteiger partial charge < -0.3 is 15.3 Å². The van der Waals surface area contributed by atoms with Gasteiger partial charge in [-0.15, -0.1) is 0 Å². The van der Waals surface area contributed by atoms with Gasteiger partial charge in [-0.05, 0) is 29.8 Å². The zero-order valence-corrected chi connectivity index (χ0v) is 15.7. The standard InChI is InChI=1S/C21H22N2O3S/c24-18-10-8-17(9-11-18)20(25)22-19-15-27-14-13-23(21(19)26)12-4-7-16-5-2-1-3-6-16/h1-11,19,24H,12-15H2,(H,22,25)/b7-4+/t19-/m0/s1. The van der Waals surface area contributed by atoms with Gasteiger partial charge in [-0.2, -0.15) is 11.8 Å². The first-order chi connectivity index (χ1) is 13.1. The average molecular weight is 382 g/mol. The molecule has 2 aromatic rings. The monoisotopic (exact) mass is 382 g/mol. The van der Waals surface area contributed by atoms with E-state index in [2.05, 4.69) is 5.32 Å². The van der Waals surface area contributed by atoms with Crippen LogP contribution in [0.5, 0.6) is 5.75 Å². The molecule has 27 heavy (non-hydrogen) atoms. The van der Waals surface area contributed by atoms with Crippen molar-refractivity contribution in [3.63, 3.8) is 0 Å². The van der Waals surface area contributed by atoms with Crippen molar-refractivity contribution in [3.8, 4) is 5.75 Å². The van der Waals surface area contributed by atoms with Crippen molar-refractivity contribution in [2.24, 2.45) is 0 Å². The molecule has 1 aliphatic rings. The summed E-state index contributed by atoms with van der Waals surface area (Å²) in [6.07, 6.45) is 3.97. The molecule has 1 aliphatic heterocycles. The molecule has 140 valence electrons. The van der Waals surface area contributed by atoms with Gasteiger partial charge in [-0.25, -0.2) is 0 Å². The van der Waals surface area contributed by atoms with Crippen LogP contribution in [-0.2, 0) is 4.79 Å². The van der Waals surface area contributed by atoms with Crippen LogP contribution in [0.1, 0.15) is 15.9 Å². The van der Waals surface area contributed by atoms with Crippen molar-refractivity contribution in [3.05, 3.63) is 71.8 Å². The quantitative estimate of drug-likeness (QED) is 0.834. The minimum absolute atomic E-state index is 0.0650. The van der Waals surface area contributed by atoms with Crippen molar-refractivity contribution in [2.75, 3.05) is 24.6 Å². The molecule has 1 saturated heterocycles. The van der Waals surface area contributed by atoms with Crippen LogP contribution in [0.3, 0.4) is 0 Å². The fourth-order valence-electron chi connectivity index (χ4n) is 2.80. The number of nitrogens with zero attached hydrogens (tertiary/aromatic N) is 1. The summed E-state index contributed by atoms with van der Waals surface area (Å²) in [6.45, 7) is 1.17. The summed E-state index contributed by atoms with van der Waals surface area (Å²) in [5.41, 5.74) is 1.51. The van der Waals surface area contributed by atoms with Gasteiger partial charge in [0.25, 0.3) is 5.91 Å². The van der Waals surface area contributed by atoms with Crippen LogP contribution >= 0.6 is 11.8 Å². The molecular weight excluding hydrogens is 360 g/mol. The Morgan fingerprint density at radius 2 is 1.93 bits per heavy atom. The van der Waals surface area contributed by atoms with E-state index < -0.39 is 6.04 Å². The maximum absolute atomic E-state index is 12.8. The number of rotatable bonds is 5. The van der Waals surface area contributed by atoms with E-state index in [0.717, 1.165) is 11.3 Å². The maximum Gasteiger partial charge on any atom is 0.251 e. The predicted molar refractivity (Wildman–Crippen MR) is 109 cm³/mol. The van der Waals surface area contributed by atoms with Crippen molar-refractivity contribution >= 4 is 29.7 Å². The summed E-state index contributed by atoms with van der Waals surface area (Å²) >= 11 is 1.66. The number of hydrogen-bond donors (Lipinski definition) is 2. The van der Waals surface area contributed by atoms with Crippen LogP contribution in [0.25, 0.3) is 6.08 Å². The summed E-state index contributed by atoms with van der Waals surface area (Å²) in [6, 6.07) is 15.4. The second kappa shape index (κ2) is 9.28. The Balaban J connectivity index is 1.62. The smallest absolute Gasteiger partial charge is 0.251 e. The summed E-state index contributed by atoms with van der Waals surface area (Å²) in [5.74, 6) is 1.13. The highest BCUT2D eigenvalue weighted by atomic mass is 32.2. The zero-order chi connectivity index (χ0) is 19.1. The third-order valence-corrected chi connectivity index (χ3v) is 5.31. The molecule has 0 spiro atoms. The van der Waals surface area contributed by atoms with Gasteiger partial charge in [0, 0.05) is 30.2 Å². The number of carbonyl (C=O) groups excluding carboxylic acids is 2. The Morgan fingerprint density at radius 1 is 1.19 bits per heavy atom. The lowest BCUT2D eigenvalue weighted by atomic mass is 10.2. The molecular formula is C21H22N2O3S. The van der Waals surface area contributed by atoms with Gasteiger partial charge in [-0.1, -0.05) is 42.5 Å². The van der Waals surface area contributed by atoms with E-state index in [1.165, 1.54) is 12.1 Å². The Bertz CT molecular complexity index is 806. The minimum Gasteiger partial charge on any atom is -0.508 e. The molecule has 0 bridgehead atoms. The lowest BCUT2D eigenvalue weighted by Crippen LogP contribution is -2.49. The van der Waals surface area contributed by atoms with Crippen LogP contribution in [-0.4, -0.2) is 52.5 Å². The van der Waals surface area contributed by atoms with Gasteiger partial charge in [-0.3, -0.25) is 9.59 Å². The third-order valence-electron chi connectivity index (χ3n) is 4.27. The van der Waals surface area contributed by atoms with Crippen molar-refractivity contribution in [1.82, 2.24) is 10.2 Å². The first-order valence-electron chi connectivity index (χ1n) is 8.81. The molecule has 2 N–H and O–H groups in total. The van der Waals surface area contributed by atoms with Gasteiger partial charge in [0.05, 0.1) is 0 Å². The Morgan fingerprint density at radius 3 is 2.67 bits per heavy atom. The summed E-state index contributed by atoms with van der Waals surface area (Å²) in [5, 5.41) is 12.2.